The monoisotopic (exact) mass is 291 g/mol. The van der Waals surface area contributed by atoms with Gasteiger partial charge in [-0.2, -0.15) is 0 Å². The van der Waals surface area contributed by atoms with E-state index in [1.165, 1.54) is 0 Å². The molecule has 0 saturated heterocycles. The van der Waals surface area contributed by atoms with Crippen molar-refractivity contribution in [1.29, 1.82) is 5.41 Å². The number of aromatic nitrogens is 1. The van der Waals surface area contributed by atoms with E-state index >= 15 is 0 Å². The van der Waals surface area contributed by atoms with E-state index in [4.69, 9.17) is 15.9 Å². The summed E-state index contributed by atoms with van der Waals surface area (Å²) >= 11 is 3.36. The zero-order valence-electron chi connectivity index (χ0n) is 8.85. The normalized spacial score (nSPS) is 9.94. The number of rotatable bonds is 3. The summed E-state index contributed by atoms with van der Waals surface area (Å²) < 4.78 is 6.50. The van der Waals surface area contributed by atoms with Gasteiger partial charge in [0.05, 0.1) is 5.56 Å². The Morgan fingerprint density at radius 1 is 1.29 bits per heavy atom. The lowest BCUT2D eigenvalue weighted by Gasteiger charge is -2.08. The van der Waals surface area contributed by atoms with E-state index in [9.17, 15) is 0 Å². The summed E-state index contributed by atoms with van der Waals surface area (Å²) in [5.74, 6) is 0.904. The van der Waals surface area contributed by atoms with Crippen LogP contribution in [0.5, 0.6) is 11.6 Å². The molecule has 0 fully saturated rings. The highest BCUT2D eigenvalue weighted by Gasteiger charge is 2.08. The molecule has 0 radical (unpaired) electrons. The predicted molar refractivity (Wildman–Crippen MR) is 69.5 cm³/mol. The third-order valence-corrected chi connectivity index (χ3v) is 2.57. The van der Waals surface area contributed by atoms with Gasteiger partial charge < -0.3 is 10.5 Å². The third-order valence-electron chi connectivity index (χ3n) is 2.07. The Morgan fingerprint density at radius 3 is 2.82 bits per heavy atom. The Kier molecular flexibility index (Phi) is 3.39. The molecule has 0 aliphatic rings. The number of ether oxygens (including phenoxy) is 1. The van der Waals surface area contributed by atoms with E-state index in [0.717, 1.165) is 4.47 Å². The summed E-state index contributed by atoms with van der Waals surface area (Å²) in [4.78, 5) is 4.07. The van der Waals surface area contributed by atoms with Crippen LogP contribution in [0.4, 0.5) is 0 Å². The standard InChI is InChI=1S/C12H10BrN3O/c13-8-3-1-4-9(7-8)17-12-10(11(14)15)5-2-6-16-12/h1-7H,(H3,14,15). The average molecular weight is 292 g/mol. The molecule has 0 aliphatic heterocycles. The molecule has 1 aromatic carbocycles. The van der Waals surface area contributed by atoms with E-state index in [1.807, 2.05) is 24.3 Å². The minimum atomic E-state index is -0.0666. The molecule has 0 saturated carbocycles. The maximum atomic E-state index is 7.43. The summed E-state index contributed by atoms with van der Waals surface area (Å²) in [5.41, 5.74) is 5.93. The molecule has 0 amide bonds. The second-order valence-corrected chi connectivity index (χ2v) is 4.24. The number of halogens is 1. The molecular formula is C12H10BrN3O. The van der Waals surface area contributed by atoms with Gasteiger partial charge in [-0.1, -0.05) is 22.0 Å². The molecule has 0 bridgehead atoms. The minimum absolute atomic E-state index is 0.0666. The van der Waals surface area contributed by atoms with Gasteiger partial charge in [-0.05, 0) is 30.3 Å². The lowest BCUT2D eigenvalue weighted by atomic mass is 10.2. The van der Waals surface area contributed by atoms with Crippen LogP contribution in [0, 0.1) is 5.41 Å². The first-order chi connectivity index (χ1) is 8.16. The van der Waals surface area contributed by atoms with E-state index < -0.39 is 0 Å². The lowest BCUT2D eigenvalue weighted by molar-refractivity contribution is 0.461. The maximum Gasteiger partial charge on any atom is 0.230 e. The van der Waals surface area contributed by atoms with Gasteiger partial charge in [0.15, 0.2) is 0 Å². The first kappa shape index (κ1) is 11.6. The largest absolute Gasteiger partial charge is 0.438 e. The Morgan fingerprint density at radius 2 is 2.12 bits per heavy atom. The predicted octanol–water partition coefficient (Wildman–Crippen LogP) is 2.92. The third kappa shape index (κ3) is 2.82. The molecule has 86 valence electrons. The van der Waals surface area contributed by atoms with Gasteiger partial charge in [0.2, 0.25) is 5.88 Å². The Labute approximate surface area is 107 Å². The zero-order valence-corrected chi connectivity index (χ0v) is 10.4. The fourth-order valence-corrected chi connectivity index (χ4v) is 1.70. The van der Waals surface area contributed by atoms with Crippen LogP contribution in [-0.2, 0) is 0 Å². The number of hydrogen-bond donors (Lipinski definition) is 2. The molecule has 5 heteroatoms. The first-order valence-electron chi connectivity index (χ1n) is 4.89. The number of nitrogen functional groups attached to an aromatic ring is 1. The molecule has 2 aromatic rings. The van der Waals surface area contributed by atoms with Crippen molar-refractivity contribution in [1.82, 2.24) is 4.98 Å². The average Bonchev–Trinajstić information content (AvgIpc) is 2.29. The van der Waals surface area contributed by atoms with Crippen LogP contribution >= 0.6 is 15.9 Å². The molecule has 4 nitrogen and oxygen atoms in total. The number of nitrogens with two attached hydrogens (primary N) is 1. The Balaban J connectivity index is 2.33. The van der Waals surface area contributed by atoms with Crippen molar-refractivity contribution in [3.8, 4) is 11.6 Å². The van der Waals surface area contributed by atoms with Gasteiger partial charge in [-0.3, -0.25) is 5.41 Å². The van der Waals surface area contributed by atoms with Crippen molar-refractivity contribution in [3.05, 3.63) is 52.6 Å². The van der Waals surface area contributed by atoms with Crippen LogP contribution in [0.15, 0.2) is 47.1 Å². The number of benzene rings is 1. The van der Waals surface area contributed by atoms with Gasteiger partial charge in [-0.15, -0.1) is 0 Å². The lowest BCUT2D eigenvalue weighted by Crippen LogP contribution is -2.12. The molecule has 17 heavy (non-hydrogen) atoms. The highest BCUT2D eigenvalue weighted by molar-refractivity contribution is 9.10. The summed E-state index contributed by atoms with van der Waals surface area (Å²) in [6, 6.07) is 10.8. The second kappa shape index (κ2) is 4.97. The van der Waals surface area contributed by atoms with Crippen LogP contribution < -0.4 is 10.5 Å². The minimum Gasteiger partial charge on any atom is -0.438 e. The number of pyridine rings is 1. The smallest absolute Gasteiger partial charge is 0.230 e. The topological polar surface area (TPSA) is 72.0 Å². The number of amidine groups is 1. The molecule has 1 aromatic heterocycles. The van der Waals surface area contributed by atoms with E-state index in [1.54, 1.807) is 18.3 Å². The molecule has 0 aliphatic carbocycles. The summed E-state index contributed by atoms with van der Waals surface area (Å²) in [7, 11) is 0. The first-order valence-corrected chi connectivity index (χ1v) is 5.69. The van der Waals surface area contributed by atoms with Gasteiger partial charge in [-0.25, -0.2) is 4.98 Å². The maximum absolute atomic E-state index is 7.43. The van der Waals surface area contributed by atoms with Crippen molar-refractivity contribution < 1.29 is 4.74 Å². The summed E-state index contributed by atoms with van der Waals surface area (Å²) in [5, 5.41) is 7.43. The second-order valence-electron chi connectivity index (χ2n) is 3.33. The highest BCUT2D eigenvalue weighted by atomic mass is 79.9. The Hall–Kier alpha value is -1.88. The van der Waals surface area contributed by atoms with E-state index in [2.05, 4.69) is 20.9 Å². The van der Waals surface area contributed by atoms with Crippen LogP contribution in [0.1, 0.15) is 5.56 Å². The molecular weight excluding hydrogens is 282 g/mol. The summed E-state index contributed by atoms with van der Waals surface area (Å²) in [6.07, 6.45) is 1.60. The van der Waals surface area contributed by atoms with Crippen LogP contribution in [0.2, 0.25) is 0 Å². The molecule has 1 heterocycles. The van der Waals surface area contributed by atoms with E-state index in [-0.39, 0.29) is 5.84 Å². The molecule has 0 unspecified atom stereocenters. The SMILES string of the molecule is N=C(N)c1cccnc1Oc1cccc(Br)c1. The van der Waals surface area contributed by atoms with Crippen LogP contribution in [0.25, 0.3) is 0 Å². The Bertz CT molecular complexity index is 557. The quantitative estimate of drug-likeness (QED) is 0.675. The molecule has 0 spiro atoms. The molecule has 0 atom stereocenters. The van der Waals surface area contributed by atoms with Crippen LogP contribution in [0.3, 0.4) is 0 Å². The van der Waals surface area contributed by atoms with Gasteiger partial charge in [0.1, 0.15) is 11.6 Å². The van der Waals surface area contributed by atoms with Gasteiger partial charge >= 0.3 is 0 Å². The highest BCUT2D eigenvalue weighted by Crippen LogP contribution is 2.24. The van der Waals surface area contributed by atoms with Crippen LogP contribution in [-0.4, -0.2) is 10.8 Å². The van der Waals surface area contributed by atoms with Crippen molar-refractivity contribution in [2.24, 2.45) is 5.73 Å². The zero-order chi connectivity index (χ0) is 12.3. The van der Waals surface area contributed by atoms with Crippen molar-refractivity contribution in [2.75, 3.05) is 0 Å². The fraction of sp³-hybridized carbons (Fsp3) is 0. The molecule has 2 rings (SSSR count). The fourth-order valence-electron chi connectivity index (χ4n) is 1.32. The summed E-state index contributed by atoms with van der Waals surface area (Å²) in [6.45, 7) is 0. The molecule has 3 N–H and O–H groups in total. The van der Waals surface area contributed by atoms with Crippen molar-refractivity contribution in [3.63, 3.8) is 0 Å². The van der Waals surface area contributed by atoms with Crippen molar-refractivity contribution >= 4 is 21.8 Å². The number of nitrogens with one attached hydrogen (secondary N) is 1. The van der Waals surface area contributed by atoms with Crippen molar-refractivity contribution in [2.45, 2.75) is 0 Å². The van der Waals surface area contributed by atoms with Gasteiger partial charge in [0.25, 0.3) is 0 Å². The number of hydrogen-bond acceptors (Lipinski definition) is 3. The van der Waals surface area contributed by atoms with E-state index in [0.29, 0.717) is 17.2 Å². The number of nitrogens with zero attached hydrogens (tertiary/aromatic N) is 1. The van der Waals surface area contributed by atoms with Gasteiger partial charge in [0, 0.05) is 10.7 Å².